The van der Waals surface area contributed by atoms with Gasteiger partial charge < -0.3 is 28.4 Å². The van der Waals surface area contributed by atoms with Crippen LogP contribution < -0.4 is 4.74 Å². The number of hydrogen-bond acceptors (Lipinski definition) is 7. The second-order valence-electron chi connectivity index (χ2n) is 13.9. The molecular formula is C49H47NO6. The predicted molar refractivity (Wildman–Crippen MR) is 216 cm³/mol. The average molecular weight is 746 g/mol. The summed E-state index contributed by atoms with van der Waals surface area (Å²) in [6.07, 6.45) is -2.25. The molecule has 284 valence electrons. The zero-order valence-electron chi connectivity index (χ0n) is 31.6. The largest absolute Gasteiger partial charge is 0.497 e. The molecule has 1 aliphatic rings. The molecule has 0 aliphatic carbocycles. The van der Waals surface area contributed by atoms with Crippen LogP contribution in [0.25, 0.3) is 0 Å². The minimum Gasteiger partial charge on any atom is -0.497 e. The molecule has 1 fully saturated rings. The van der Waals surface area contributed by atoms with E-state index in [1.165, 1.54) is 0 Å². The van der Waals surface area contributed by atoms with E-state index in [4.69, 9.17) is 28.4 Å². The van der Waals surface area contributed by atoms with Crippen LogP contribution in [0.4, 0.5) is 0 Å². The number of ether oxygens (including phenoxy) is 6. The van der Waals surface area contributed by atoms with Crippen molar-refractivity contribution in [2.24, 2.45) is 0 Å². The minimum atomic E-state index is -0.591. The van der Waals surface area contributed by atoms with Crippen LogP contribution in [0.3, 0.4) is 0 Å². The molecular weight excluding hydrogens is 699 g/mol. The fourth-order valence-corrected chi connectivity index (χ4v) is 7.07. The van der Waals surface area contributed by atoms with Crippen LogP contribution in [0.15, 0.2) is 164 Å². The number of nitriles is 1. The first-order chi connectivity index (χ1) is 27.7. The summed E-state index contributed by atoms with van der Waals surface area (Å²) in [6.45, 7) is 1.72. The summed E-state index contributed by atoms with van der Waals surface area (Å²) in [4.78, 5) is 0. The molecule has 0 radical (unpaired) electrons. The van der Waals surface area contributed by atoms with E-state index < -0.39 is 30.5 Å². The van der Waals surface area contributed by atoms with Crippen LogP contribution >= 0.6 is 0 Å². The van der Waals surface area contributed by atoms with Gasteiger partial charge in [-0.15, -0.1) is 0 Å². The van der Waals surface area contributed by atoms with E-state index >= 15 is 0 Å². The van der Waals surface area contributed by atoms with E-state index in [1.807, 2.05) is 121 Å². The van der Waals surface area contributed by atoms with Crippen molar-refractivity contribution in [1.82, 2.24) is 0 Å². The first kappa shape index (κ1) is 38.7. The van der Waals surface area contributed by atoms with Crippen LogP contribution in [-0.2, 0) is 56.5 Å². The first-order valence-electron chi connectivity index (χ1n) is 19.1. The molecule has 1 saturated heterocycles. The fourth-order valence-electron chi connectivity index (χ4n) is 7.07. The first-order valence-corrected chi connectivity index (χ1v) is 19.1. The quantitative estimate of drug-likeness (QED) is 0.0921. The van der Waals surface area contributed by atoms with Crippen molar-refractivity contribution in [3.8, 4) is 11.8 Å². The van der Waals surface area contributed by atoms with E-state index in [1.54, 1.807) is 7.11 Å². The molecule has 7 nitrogen and oxygen atoms in total. The zero-order valence-corrected chi connectivity index (χ0v) is 31.6. The van der Waals surface area contributed by atoms with Gasteiger partial charge in [-0.2, -0.15) is 5.26 Å². The van der Waals surface area contributed by atoms with Crippen molar-refractivity contribution in [3.63, 3.8) is 0 Å². The van der Waals surface area contributed by atoms with E-state index in [-0.39, 0.29) is 6.61 Å². The summed E-state index contributed by atoms with van der Waals surface area (Å²) in [5, 5.41) is 10.2. The van der Waals surface area contributed by atoms with E-state index in [2.05, 4.69) is 48.5 Å². The summed E-state index contributed by atoms with van der Waals surface area (Å²) < 4.78 is 39.7. The van der Waals surface area contributed by atoms with Gasteiger partial charge in [0.15, 0.2) is 0 Å². The second kappa shape index (κ2) is 19.8. The Morgan fingerprint density at radius 1 is 0.536 bits per heavy atom. The summed E-state index contributed by atoms with van der Waals surface area (Å²) in [6, 6.07) is 56.8. The van der Waals surface area contributed by atoms with Crippen molar-refractivity contribution in [3.05, 3.63) is 208 Å². The lowest BCUT2D eigenvalue weighted by Crippen LogP contribution is -2.58. The molecule has 56 heavy (non-hydrogen) atoms. The van der Waals surface area contributed by atoms with Crippen molar-refractivity contribution < 1.29 is 28.4 Å². The SMILES string of the molecule is COc1ccc(Cc2cc([C@@H]3O[C@H](COCc4ccccc4)[C@@H](OCc4ccccc4)[C@H](OCc4ccccc4)[C@H]3OCc3ccccc3)ccc2C#N)cc1. The summed E-state index contributed by atoms with van der Waals surface area (Å²) >= 11 is 0. The van der Waals surface area contributed by atoms with Crippen LogP contribution in [0.1, 0.15) is 50.6 Å². The standard InChI is InChI=1S/C49H47NO6/c1-51-44-26-22-36(23-27-44)28-43-29-41(24-25-42(43)30-50)46-48(54-33-39-18-10-4-11-19-39)49(55-34-40-20-12-5-13-21-40)47(53-32-38-16-8-3-9-17-38)45(56-46)35-52-31-37-14-6-2-7-15-37/h2-27,29,45-49H,28,31-35H2,1H3/t45-,46+,47-,48+,49+/m1/s1. The third-order valence-corrected chi connectivity index (χ3v) is 10.0. The molecule has 0 aromatic heterocycles. The summed E-state index contributed by atoms with van der Waals surface area (Å²) in [7, 11) is 1.65. The van der Waals surface area contributed by atoms with Gasteiger partial charge in [-0.3, -0.25) is 0 Å². The molecule has 0 bridgehead atoms. The molecule has 6 aromatic rings. The van der Waals surface area contributed by atoms with Crippen LogP contribution in [0.5, 0.6) is 5.75 Å². The minimum absolute atomic E-state index is 0.260. The Kier molecular flexibility index (Phi) is 13.7. The van der Waals surface area contributed by atoms with E-state index in [0.717, 1.165) is 44.7 Å². The van der Waals surface area contributed by atoms with Crippen molar-refractivity contribution in [2.45, 2.75) is 63.4 Å². The van der Waals surface area contributed by atoms with Gasteiger partial charge in [0.05, 0.1) is 51.8 Å². The Hall–Kier alpha value is -5.59. The van der Waals surface area contributed by atoms with E-state index in [0.29, 0.717) is 38.4 Å². The third kappa shape index (κ3) is 10.4. The number of hydrogen-bond donors (Lipinski definition) is 0. The Balaban J connectivity index is 1.27. The highest BCUT2D eigenvalue weighted by atomic mass is 16.6. The van der Waals surface area contributed by atoms with Gasteiger partial charge >= 0.3 is 0 Å². The zero-order chi connectivity index (χ0) is 38.4. The molecule has 5 atom stereocenters. The van der Waals surface area contributed by atoms with Crippen molar-refractivity contribution in [2.75, 3.05) is 13.7 Å². The van der Waals surface area contributed by atoms with Gasteiger partial charge in [0.25, 0.3) is 0 Å². The lowest BCUT2D eigenvalue weighted by Gasteiger charge is -2.46. The second-order valence-corrected chi connectivity index (χ2v) is 13.9. The number of benzene rings is 6. The molecule has 0 saturated carbocycles. The van der Waals surface area contributed by atoms with Gasteiger partial charge in [0.1, 0.15) is 36.3 Å². The number of rotatable bonds is 17. The van der Waals surface area contributed by atoms with Gasteiger partial charge in [0.2, 0.25) is 0 Å². The molecule has 7 rings (SSSR count). The Morgan fingerprint density at radius 2 is 1.04 bits per heavy atom. The fraction of sp³-hybridized carbons (Fsp3) is 0.245. The number of nitrogens with zero attached hydrogens (tertiary/aromatic N) is 1. The average Bonchev–Trinajstić information content (AvgIpc) is 3.26. The Labute approximate surface area is 330 Å². The Bertz CT molecular complexity index is 2110. The molecule has 0 spiro atoms. The summed E-state index contributed by atoms with van der Waals surface area (Å²) in [5.41, 5.74) is 7.61. The molecule has 7 heteroatoms. The molecule has 0 unspecified atom stereocenters. The third-order valence-electron chi connectivity index (χ3n) is 10.0. The molecule has 6 aromatic carbocycles. The van der Waals surface area contributed by atoms with Gasteiger partial charge in [0, 0.05) is 0 Å². The highest BCUT2D eigenvalue weighted by Gasteiger charge is 2.49. The van der Waals surface area contributed by atoms with Crippen molar-refractivity contribution in [1.29, 1.82) is 5.26 Å². The van der Waals surface area contributed by atoms with Crippen LogP contribution in [0, 0.1) is 11.3 Å². The predicted octanol–water partition coefficient (Wildman–Crippen LogP) is 9.57. The monoisotopic (exact) mass is 745 g/mol. The highest BCUT2D eigenvalue weighted by molar-refractivity contribution is 5.44. The smallest absolute Gasteiger partial charge is 0.118 e. The highest BCUT2D eigenvalue weighted by Crippen LogP contribution is 2.39. The molecule has 0 N–H and O–H groups in total. The van der Waals surface area contributed by atoms with Crippen LogP contribution in [-0.4, -0.2) is 38.1 Å². The normalized spacial score (nSPS) is 19.2. The lowest BCUT2D eigenvalue weighted by molar-refractivity contribution is -0.275. The van der Waals surface area contributed by atoms with E-state index in [9.17, 15) is 5.26 Å². The van der Waals surface area contributed by atoms with Gasteiger partial charge in [-0.05, 0) is 63.6 Å². The molecule has 1 aliphatic heterocycles. The maximum atomic E-state index is 10.2. The summed E-state index contributed by atoms with van der Waals surface area (Å²) in [5.74, 6) is 0.781. The van der Waals surface area contributed by atoms with Gasteiger partial charge in [-0.1, -0.05) is 146 Å². The maximum absolute atomic E-state index is 10.2. The topological polar surface area (TPSA) is 79.2 Å². The molecule has 1 heterocycles. The maximum Gasteiger partial charge on any atom is 0.118 e. The molecule has 0 amide bonds. The van der Waals surface area contributed by atoms with Crippen LogP contribution in [0.2, 0.25) is 0 Å². The van der Waals surface area contributed by atoms with Gasteiger partial charge in [-0.25, -0.2) is 0 Å². The number of methoxy groups -OCH3 is 1. The Morgan fingerprint density at radius 3 is 1.55 bits per heavy atom. The lowest BCUT2D eigenvalue weighted by atomic mass is 9.88. The van der Waals surface area contributed by atoms with Crippen molar-refractivity contribution >= 4 is 0 Å².